The number of hydrogen-bond donors (Lipinski definition) is 2. The molecule has 0 unspecified atom stereocenters. The van der Waals surface area contributed by atoms with Crippen LogP contribution in [0.5, 0.6) is 5.75 Å². The normalized spacial score (nSPS) is 11.1. The van der Waals surface area contributed by atoms with Gasteiger partial charge in [-0.15, -0.1) is 10.2 Å². The van der Waals surface area contributed by atoms with Gasteiger partial charge in [0.15, 0.2) is 11.0 Å². The van der Waals surface area contributed by atoms with Crippen LogP contribution in [-0.4, -0.2) is 53.1 Å². The second-order valence-corrected chi connectivity index (χ2v) is 10.6. The van der Waals surface area contributed by atoms with Crippen LogP contribution in [0.4, 0.5) is 17.1 Å². The lowest BCUT2D eigenvalue weighted by Gasteiger charge is -2.12. The molecule has 0 aliphatic rings. The molecule has 0 saturated carbocycles. The smallest absolute Gasteiger partial charge is 0.292 e. The first-order chi connectivity index (χ1) is 18.1. The van der Waals surface area contributed by atoms with Gasteiger partial charge in [-0.2, -0.15) is 0 Å². The predicted octanol–water partition coefficient (Wildman–Crippen LogP) is 3.95. The highest BCUT2D eigenvalue weighted by Gasteiger charge is 2.19. The number of benzene rings is 3. The lowest BCUT2D eigenvalue weighted by Crippen LogP contribution is -2.15. The molecule has 12 nitrogen and oxygen atoms in total. The Morgan fingerprint density at radius 2 is 1.74 bits per heavy atom. The van der Waals surface area contributed by atoms with E-state index >= 15 is 0 Å². The van der Waals surface area contributed by atoms with Crippen LogP contribution < -0.4 is 14.8 Å². The molecule has 0 fully saturated rings. The number of hydrogen-bond acceptors (Lipinski definition) is 9. The van der Waals surface area contributed by atoms with Crippen molar-refractivity contribution in [3.63, 3.8) is 0 Å². The fraction of sp³-hybridized carbons (Fsp3) is 0.125. The Labute approximate surface area is 222 Å². The number of anilines is 2. The zero-order valence-corrected chi connectivity index (χ0v) is 21.8. The van der Waals surface area contributed by atoms with Crippen LogP contribution in [0.15, 0.2) is 78.0 Å². The number of amides is 1. The average Bonchev–Trinajstić information content (AvgIpc) is 3.31. The number of carbonyl (C=O) groups excluding carboxylic acids is 1. The van der Waals surface area contributed by atoms with Gasteiger partial charge in [-0.3, -0.25) is 24.2 Å². The summed E-state index contributed by atoms with van der Waals surface area (Å²) in [6, 6.07) is 19.7. The molecule has 4 rings (SSSR count). The van der Waals surface area contributed by atoms with Crippen LogP contribution in [0.25, 0.3) is 17.1 Å². The molecule has 0 aliphatic heterocycles. The predicted molar refractivity (Wildman–Crippen MR) is 144 cm³/mol. The number of methoxy groups -OCH3 is 1. The Bertz CT molecular complexity index is 1570. The molecule has 0 atom stereocenters. The Morgan fingerprint density at radius 3 is 2.37 bits per heavy atom. The minimum atomic E-state index is -3.43. The van der Waals surface area contributed by atoms with E-state index in [-0.39, 0.29) is 17.1 Å². The molecule has 3 aromatic carbocycles. The molecule has 1 aromatic heterocycles. The summed E-state index contributed by atoms with van der Waals surface area (Å²) in [4.78, 5) is 23.3. The number of nitrogens with one attached hydrogen (secondary N) is 2. The molecule has 0 bridgehead atoms. The van der Waals surface area contributed by atoms with E-state index in [9.17, 15) is 23.3 Å². The summed E-state index contributed by atoms with van der Waals surface area (Å²) in [6.07, 6.45) is 1.07. The zero-order valence-electron chi connectivity index (χ0n) is 20.2. The van der Waals surface area contributed by atoms with Gasteiger partial charge in [0.05, 0.1) is 24.0 Å². The first kappa shape index (κ1) is 26.6. The number of aromatic nitrogens is 3. The molecule has 0 radical (unpaired) electrons. The molecule has 14 heteroatoms. The van der Waals surface area contributed by atoms with E-state index in [1.807, 2.05) is 12.1 Å². The molecule has 0 saturated heterocycles. The van der Waals surface area contributed by atoms with Crippen molar-refractivity contribution in [3.8, 4) is 22.8 Å². The number of nitro groups is 1. The molecule has 38 heavy (non-hydrogen) atoms. The van der Waals surface area contributed by atoms with Crippen molar-refractivity contribution in [2.75, 3.05) is 29.2 Å². The largest absolute Gasteiger partial charge is 0.497 e. The fourth-order valence-corrected chi connectivity index (χ4v) is 4.79. The first-order valence-corrected chi connectivity index (χ1v) is 13.9. The number of nitrogens with zero attached hydrogens (tertiary/aromatic N) is 4. The monoisotopic (exact) mass is 554 g/mol. The molecule has 0 aliphatic carbocycles. The summed E-state index contributed by atoms with van der Waals surface area (Å²) in [5, 5.41) is 22.8. The minimum absolute atomic E-state index is 0.0858. The summed E-state index contributed by atoms with van der Waals surface area (Å²) in [7, 11) is -1.87. The van der Waals surface area contributed by atoms with Crippen LogP contribution in [0.3, 0.4) is 0 Å². The van der Waals surface area contributed by atoms with Gasteiger partial charge < -0.3 is 10.1 Å². The van der Waals surface area contributed by atoms with Crippen molar-refractivity contribution < 1.29 is 22.9 Å². The van der Waals surface area contributed by atoms with Crippen LogP contribution in [0, 0.1) is 10.1 Å². The Hall–Kier alpha value is -4.43. The molecule has 196 valence electrons. The summed E-state index contributed by atoms with van der Waals surface area (Å²) in [6.45, 7) is 0. The third-order valence-corrected chi connectivity index (χ3v) is 6.65. The third-order valence-electron chi connectivity index (χ3n) is 5.12. The van der Waals surface area contributed by atoms with Crippen molar-refractivity contribution >= 4 is 44.8 Å². The molecular weight excluding hydrogens is 532 g/mol. The number of thioether (sulfide) groups is 1. The van der Waals surface area contributed by atoms with Crippen molar-refractivity contribution in [2.24, 2.45) is 0 Å². The highest BCUT2D eigenvalue weighted by atomic mass is 32.2. The number of ether oxygens (including phenoxy) is 1. The van der Waals surface area contributed by atoms with Crippen LogP contribution >= 0.6 is 11.8 Å². The van der Waals surface area contributed by atoms with E-state index in [1.54, 1.807) is 54.1 Å². The van der Waals surface area contributed by atoms with Gasteiger partial charge in [-0.05, 0) is 54.6 Å². The standard InChI is InChI=1S/C24H22N6O6S2/c1-36-19-13-11-18(12-14-19)29-23(16-7-9-17(10-8-16)28-38(2,34)35)26-27-24(29)37-15-22(31)25-20-5-3-4-6-21(20)30(32)33/h3-14,28H,15H2,1-2H3,(H,25,31). The van der Waals surface area contributed by atoms with E-state index in [4.69, 9.17) is 4.74 Å². The number of sulfonamides is 1. The Kier molecular flexibility index (Phi) is 7.93. The number of carbonyl (C=O) groups is 1. The third kappa shape index (κ3) is 6.46. The van der Waals surface area contributed by atoms with E-state index in [2.05, 4.69) is 20.2 Å². The topological polar surface area (TPSA) is 158 Å². The molecule has 2 N–H and O–H groups in total. The van der Waals surface area contributed by atoms with Crippen LogP contribution in [-0.2, 0) is 14.8 Å². The van der Waals surface area contributed by atoms with Gasteiger partial charge in [0.1, 0.15) is 11.4 Å². The second-order valence-electron chi connectivity index (χ2n) is 7.90. The van der Waals surface area contributed by atoms with E-state index in [1.165, 1.54) is 18.2 Å². The summed E-state index contributed by atoms with van der Waals surface area (Å²) >= 11 is 1.10. The summed E-state index contributed by atoms with van der Waals surface area (Å²) in [5.41, 5.74) is 1.65. The van der Waals surface area contributed by atoms with Gasteiger partial charge in [-0.1, -0.05) is 23.9 Å². The number of nitro benzene ring substituents is 1. The molecule has 1 amide bonds. The van der Waals surface area contributed by atoms with Gasteiger partial charge >= 0.3 is 0 Å². The highest BCUT2D eigenvalue weighted by Crippen LogP contribution is 2.30. The maximum absolute atomic E-state index is 12.6. The van der Waals surface area contributed by atoms with Crippen molar-refractivity contribution in [1.29, 1.82) is 0 Å². The van der Waals surface area contributed by atoms with E-state index < -0.39 is 20.9 Å². The molecular formula is C24H22N6O6S2. The maximum atomic E-state index is 12.6. The van der Waals surface area contributed by atoms with Gasteiger partial charge in [0, 0.05) is 23.0 Å². The lowest BCUT2D eigenvalue weighted by atomic mass is 10.2. The zero-order chi connectivity index (χ0) is 27.3. The van der Waals surface area contributed by atoms with Crippen molar-refractivity contribution in [1.82, 2.24) is 14.8 Å². The van der Waals surface area contributed by atoms with E-state index in [0.29, 0.717) is 33.7 Å². The van der Waals surface area contributed by atoms with Crippen molar-refractivity contribution in [3.05, 3.63) is 82.9 Å². The molecule has 1 heterocycles. The summed E-state index contributed by atoms with van der Waals surface area (Å²) in [5.74, 6) is 0.573. The van der Waals surface area contributed by atoms with Gasteiger partial charge in [-0.25, -0.2) is 8.42 Å². The quantitative estimate of drug-likeness (QED) is 0.168. The van der Waals surface area contributed by atoms with Gasteiger partial charge in [0.2, 0.25) is 15.9 Å². The van der Waals surface area contributed by atoms with Crippen LogP contribution in [0.1, 0.15) is 0 Å². The maximum Gasteiger partial charge on any atom is 0.292 e. The van der Waals surface area contributed by atoms with E-state index in [0.717, 1.165) is 18.0 Å². The number of para-hydroxylation sites is 2. The molecule has 4 aromatic rings. The first-order valence-electron chi connectivity index (χ1n) is 11.0. The Balaban J connectivity index is 1.61. The Morgan fingerprint density at radius 1 is 1.05 bits per heavy atom. The fourth-order valence-electron chi connectivity index (χ4n) is 3.47. The van der Waals surface area contributed by atoms with Crippen LogP contribution in [0.2, 0.25) is 0 Å². The SMILES string of the molecule is COc1ccc(-n2c(SCC(=O)Nc3ccccc3[N+](=O)[O-])nnc2-c2ccc(NS(C)(=O)=O)cc2)cc1. The average molecular weight is 555 g/mol. The minimum Gasteiger partial charge on any atom is -0.497 e. The highest BCUT2D eigenvalue weighted by molar-refractivity contribution is 7.99. The molecule has 0 spiro atoms. The van der Waals surface area contributed by atoms with Gasteiger partial charge in [0.25, 0.3) is 5.69 Å². The van der Waals surface area contributed by atoms with Crippen molar-refractivity contribution in [2.45, 2.75) is 5.16 Å². The second kappa shape index (κ2) is 11.3. The summed E-state index contributed by atoms with van der Waals surface area (Å²) < 4.78 is 32.5. The number of rotatable bonds is 10. The lowest BCUT2D eigenvalue weighted by molar-refractivity contribution is -0.383.